The standard InChI is InChI=1S/C13H8Cl2N2O4/c14-7-1-2-8(15)11(10(7)13(20)21)17-12(19)6-5-16-4-3-9(6)18/h1-5H,(H,16,18)(H,17,19)(H,20,21). The van der Waals surface area contributed by atoms with Gasteiger partial charge >= 0.3 is 5.97 Å². The Hall–Kier alpha value is -2.31. The highest BCUT2D eigenvalue weighted by Gasteiger charge is 2.21. The molecule has 3 N–H and O–H groups in total. The zero-order chi connectivity index (χ0) is 15.6. The van der Waals surface area contributed by atoms with Gasteiger partial charge in [0, 0.05) is 18.5 Å². The third-order valence-corrected chi connectivity index (χ3v) is 3.25. The zero-order valence-corrected chi connectivity index (χ0v) is 11.8. The topological polar surface area (TPSA) is 99.3 Å². The van der Waals surface area contributed by atoms with Crippen LogP contribution in [0.2, 0.25) is 10.0 Å². The number of benzene rings is 1. The normalized spacial score (nSPS) is 10.2. The molecular formula is C13H8Cl2N2O4. The van der Waals surface area contributed by atoms with Crippen molar-refractivity contribution in [2.75, 3.05) is 5.32 Å². The minimum atomic E-state index is -1.35. The first-order chi connectivity index (χ1) is 9.91. The van der Waals surface area contributed by atoms with Crippen LogP contribution in [0.4, 0.5) is 5.69 Å². The first kappa shape index (κ1) is 15.1. The first-order valence-electron chi connectivity index (χ1n) is 5.61. The number of anilines is 1. The van der Waals surface area contributed by atoms with Crippen LogP contribution in [0.5, 0.6) is 0 Å². The van der Waals surface area contributed by atoms with Crippen LogP contribution >= 0.6 is 23.2 Å². The first-order valence-corrected chi connectivity index (χ1v) is 6.37. The molecule has 0 aliphatic heterocycles. The highest BCUT2D eigenvalue weighted by atomic mass is 35.5. The van der Waals surface area contributed by atoms with E-state index in [1.807, 2.05) is 0 Å². The lowest BCUT2D eigenvalue weighted by molar-refractivity contribution is 0.0698. The van der Waals surface area contributed by atoms with E-state index in [-0.39, 0.29) is 26.9 Å². The Kier molecular flexibility index (Phi) is 4.30. The molecule has 0 radical (unpaired) electrons. The number of H-pyrrole nitrogens is 1. The van der Waals surface area contributed by atoms with Gasteiger partial charge in [0.25, 0.3) is 5.91 Å². The number of rotatable bonds is 3. The number of carboxylic acid groups (broad SMARTS) is 1. The number of carbonyl (C=O) groups excluding carboxylic acids is 1. The molecule has 0 saturated heterocycles. The smallest absolute Gasteiger partial charge is 0.339 e. The van der Waals surface area contributed by atoms with Crippen LogP contribution in [-0.2, 0) is 0 Å². The fourth-order valence-electron chi connectivity index (χ4n) is 1.66. The predicted molar refractivity (Wildman–Crippen MR) is 78.4 cm³/mol. The molecule has 0 atom stereocenters. The summed E-state index contributed by atoms with van der Waals surface area (Å²) in [7, 11) is 0. The molecule has 6 nitrogen and oxygen atoms in total. The summed E-state index contributed by atoms with van der Waals surface area (Å²) in [5, 5.41) is 11.4. The number of nitrogens with one attached hydrogen (secondary N) is 2. The van der Waals surface area contributed by atoms with Crippen LogP contribution in [0, 0.1) is 0 Å². The van der Waals surface area contributed by atoms with Crippen molar-refractivity contribution in [3.63, 3.8) is 0 Å². The third kappa shape index (κ3) is 3.07. The summed E-state index contributed by atoms with van der Waals surface area (Å²) in [6.07, 6.45) is 2.57. The number of hydrogen-bond acceptors (Lipinski definition) is 3. The summed E-state index contributed by atoms with van der Waals surface area (Å²) in [5.74, 6) is -2.14. The highest BCUT2D eigenvalue weighted by molar-refractivity contribution is 6.38. The minimum absolute atomic E-state index is 0.00231. The van der Waals surface area contributed by atoms with Crippen LogP contribution < -0.4 is 10.7 Å². The molecule has 1 heterocycles. The lowest BCUT2D eigenvalue weighted by Crippen LogP contribution is -2.22. The van der Waals surface area contributed by atoms with Crippen molar-refractivity contribution in [1.82, 2.24) is 4.98 Å². The second kappa shape index (κ2) is 5.99. The third-order valence-electron chi connectivity index (χ3n) is 2.62. The number of hydrogen-bond donors (Lipinski definition) is 3. The van der Waals surface area contributed by atoms with Crippen molar-refractivity contribution in [1.29, 1.82) is 0 Å². The van der Waals surface area contributed by atoms with E-state index in [0.29, 0.717) is 0 Å². The van der Waals surface area contributed by atoms with E-state index in [0.717, 1.165) is 0 Å². The molecule has 0 fully saturated rings. The number of amides is 1. The maximum atomic E-state index is 12.0. The highest BCUT2D eigenvalue weighted by Crippen LogP contribution is 2.32. The predicted octanol–water partition coefficient (Wildman–Crippen LogP) is 2.63. The molecule has 0 aliphatic carbocycles. The van der Waals surface area contributed by atoms with Crippen molar-refractivity contribution < 1.29 is 14.7 Å². The van der Waals surface area contributed by atoms with Gasteiger partial charge in [-0.05, 0) is 12.1 Å². The van der Waals surface area contributed by atoms with Crippen LogP contribution in [0.15, 0.2) is 35.4 Å². The van der Waals surface area contributed by atoms with E-state index in [4.69, 9.17) is 28.3 Å². The fourth-order valence-corrected chi connectivity index (χ4v) is 2.10. The molecule has 2 rings (SSSR count). The summed E-state index contributed by atoms with van der Waals surface area (Å²) in [6.45, 7) is 0. The fraction of sp³-hybridized carbons (Fsp3) is 0. The monoisotopic (exact) mass is 326 g/mol. The van der Waals surface area contributed by atoms with Gasteiger partial charge in [0.2, 0.25) is 0 Å². The van der Waals surface area contributed by atoms with Gasteiger partial charge in [-0.3, -0.25) is 9.59 Å². The number of aromatic amines is 1. The summed E-state index contributed by atoms with van der Waals surface area (Å²) in [6, 6.07) is 3.83. The van der Waals surface area contributed by atoms with Crippen molar-refractivity contribution in [2.45, 2.75) is 0 Å². The molecule has 0 saturated carbocycles. The van der Waals surface area contributed by atoms with E-state index in [1.165, 1.54) is 30.6 Å². The molecule has 0 unspecified atom stereocenters. The second-order valence-corrected chi connectivity index (χ2v) is 4.78. The lowest BCUT2D eigenvalue weighted by Gasteiger charge is -2.11. The summed E-state index contributed by atoms with van der Waals surface area (Å²) in [5.41, 5.74) is -1.19. The maximum absolute atomic E-state index is 12.0. The van der Waals surface area contributed by atoms with Gasteiger partial charge in [0.05, 0.1) is 15.7 Å². The Labute approximate surface area is 128 Å². The number of pyridine rings is 1. The molecule has 2 aromatic rings. The van der Waals surface area contributed by atoms with Gasteiger partial charge in [0.15, 0.2) is 5.43 Å². The van der Waals surface area contributed by atoms with Crippen LogP contribution in [0.1, 0.15) is 20.7 Å². The number of aromatic nitrogens is 1. The summed E-state index contributed by atoms with van der Waals surface area (Å²) in [4.78, 5) is 37.4. The van der Waals surface area contributed by atoms with Crippen molar-refractivity contribution in [2.24, 2.45) is 0 Å². The molecule has 1 aromatic carbocycles. The number of halogens is 2. The van der Waals surface area contributed by atoms with Gasteiger partial charge < -0.3 is 15.4 Å². The zero-order valence-electron chi connectivity index (χ0n) is 10.3. The maximum Gasteiger partial charge on any atom is 0.339 e. The Morgan fingerprint density at radius 2 is 1.81 bits per heavy atom. The molecule has 108 valence electrons. The largest absolute Gasteiger partial charge is 0.478 e. The number of carboxylic acids is 1. The molecule has 1 aromatic heterocycles. The summed E-state index contributed by atoms with van der Waals surface area (Å²) < 4.78 is 0. The van der Waals surface area contributed by atoms with Gasteiger partial charge in [-0.1, -0.05) is 23.2 Å². The lowest BCUT2D eigenvalue weighted by atomic mass is 10.1. The minimum Gasteiger partial charge on any atom is -0.478 e. The summed E-state index contributed by atoms with van der Waals surface area (Å²) >= 11 is 11.7. The van der Waals surface area contributed by atoms with Crippen molar-refractivity contribution in [3.8, 4) is 0 Å². The van der Waals surface area contributed by atoms with E-state index in [9.17, 15) is 14.4 Å². The van der Waals surface area contributed by atoms with Gasteiger partial charge in [-0.2, -0.15) is 0 Å². The number of aromatic carboxylic acids is 1. The number of carbonyl (C=O) groups is 2. The Bertz CT molecular complexity index is 786. The average Bonchev–Trinajstić information content (AvgIpc) is 2.43. The van der Waals surface area contributed by atoms with Crippen LogP contribution in [0.3, 0.4) is 0 Å². The molecular weight excluding hydrogens is 319 g/mol. The molecule has 0 spiro atoms. The van der Waals surface area contributed by atoms with Gasteiger partial charge in [-0.15, -0.1) is 0 Å². The molecule has 21 heavy (non-hydrogen) atoms. The molecule has 0 aliphatic rings. The van der Waals surface area contributed by atoms with Gasteiger partial charge in [0.1, 0.15) is 11.1 Å². The molecule has 0 bridgehead atoms. The molecule has 8 heteroatoms. The van der Waals surface area contributed by atoms with Crippen molar-refractivity contribution >= 4 is 40.8 Å². The Balaban J connectivity index is 2.47. The second-order valence-electron chi connectivity index (χ2n) is 3.96. The van der Waals surface area contributed by atoms with E-state index in [1.54, 1.807) is 0 Å². The van der Waals surface area contributed by atoms with E-state index in [2.05, 4.69) is 10.3 Å². The van der Waals surface area contributed by atoms with Crippen LogP contribution in [-0.4, -0.2) is 22.0 Å². The van der Waals surface area contributed by atoms with Gasteiger partial charge in [-0.25, -0.2) is 4.79 Å². The van der Waals surface area contributed by atoms with E-state index < -0.39 is 17.3 Å². The quantitative estimate of drug-likeness (QED) is 0.807. The molecule has 1 amide bonds. The van der Waals surface area contributed by atoms with Crippen molar-refractivity contribution in [3.05, 3.63) is 62.0 Å². The van der Waals surface area contributed by atoms with Crippen LogP contribution in [0.25, 0.3) is 0 Å². The Morgan fingerprint density at radius 1 is 1.14 bits per heavy atom. The SMILES string of the molecule is O=C(O)c1c(Cl)ccc(Cl)c1NC(=O)c1c[nH]ccc1=O. The Morgan fingerprint density at radius 3 is 2.43 bits per heavy atom. The average molecular weight is 327 g/mol. The van der Waals surface area contributed by atoms with E-state index >= 15 is 0 Å².